The number of halogens is 1. The van der Waals surface area contributed by atoms with Crippen LogP contribution in [0.15, 0.2) is 42.7 Å². The third-order valence-corrected chi connectivity index (χ3v) is 3.47. The van der Waals surface area contributed by atoms with Crippen molar-refractivity contribution in [3.8, 4) is 22.4 Å². The summed E-state index contributed by atoms with van der Waals surface area (Å²) in [6.07, 6.45) is 3.47. The van der Waals surface area contributed by atoms with E-state index in [2.05, 4.69) is 15.2 Å². The van der Waals surface area contributed by atoms with Crippen molar-refractivity contribution in [3.63, 3.8) is 0 Å². The average molecular weight is 285 g/mol. The molecule has 0 aliphatic heterocycles. The Morgan fingerprint density at radius 2 is 1.90 bits per heavy atom. The first-order chi connectivity index (χ1) is 9.66. The first kappa shape index (κ1) is 12.7. The fourth-order valence-electron chi connectivity index (χ4n) is 2.23. The summed E-state index contributed by atoms with van der Waals surface area (Å²) in [4.78, 5) is 4.03. The van der Waals surface area contributed by atoms with E-state index in [1.165, 1.54) is 0 Å². The van der Waals surface area contributed by atoms with E-state index in [4.69, 9.17) is 17.3 Å². The van der Waals surface area contributed by atoms with Gasteiger partial charge in [0.15, 0.2) is 5.82 Å². The Bertz CT molecular complexity index is 750. The van der Waals surface area contributed by atoms with E-state index in [0.29, 0.717) is 10.8 Å². The molecular formula is C15H13ClN4. The van der Waals surface area contributed by atoms with Crippen molar-refractivity contribution >= 4 is 17.4 Å². The quantitative estimate of drug-likeness (QED) is 0.754. The molecule has 0 saturated heterocycles. The summed E-state index contributed by atoms with van der Waals surface area (Å²) in [7, 11) is 0. The molecule has 3 rings (SSSR count). The number of H-pyrrole nitrogens is 1. The topological polar surface area (TPSA) is 67.6 Å². The second kappa shape index (κ2) is 4.98. The van der Waals surface area contributed by atoms with Crippen molar-refractivity contribution in [3.05, 3.63) is 53.3 Å². The molecule has 0 atom stereocenters. The molecule has 4 nitrogen and oxygen atoms in total. The summed E-state index contributed by atoms with van der Waals surface area (Å²) in [5.41, 5.74) is 10.8. The molecule has 2 aromatic heterocycles. The lowest BCUT2D eigenvalue weighted by Crippen LogP contribution is -1.90. The zero-order valence-electron chi connectivity index (χ0n) is 10.9. The van der Waals surface area contributed by atoms with E-state index in [0.717, 1.165) is 27.9 Å². The molecule has 2 heterocycles. The number of aryl methyl sites for hydroxylation is 1. The number of nitrogens with one attached hydrogen (secondary N) is 1. The zero-order valence-corrected chi connectivity index (χ0v) is 11.6. The number of hydrogen-bond acceptors (Lipinski definition) is 3. The van der Waals surface area contributed by atoms with E-state index in [9.17, 15) is 0 Å². The van der Waals surface area contributed by atoms with E-state index in [1.807, 2.05) is 37.3 Å². The van der Waals surface area contributed by atoms with E-state index >= 15 is 0 Å². The van der Waals surface area contributed by atoms with Crippen LogP contribution in [0.3, 0.4) is 0 Å². The molecule has 1 aromatic carbocycles. The number of aromatic nitrogens is 3. The number of hydrogen-bond donors (Lipinski definition) is 2. The maximum absolute atomic E-state index is 6.10. The normalized spacial score (nSPS) is 10.7. The third-order valence-electron chi connectivity index (χ3n) is 3.23. The lowest BCUT2D eigenvalue weighted by atomic mass is 9.98. The van der Waals surface area contributed by atoms with Gasteiger partial charge >= 0.3 is 0 Å². The minimum atomic E-state index is 0.463. The number of nitrogens with two attached hydrogens (primary N) is 1. The summed E-state index contributed by atoms with van der Waals surface area (Å²) in [6.45, 7) is 2.03. The molecule has 0 saturated carbocycles. The van der Waals surface area contributed by atoms with Gasteiger partial charge in [0.25, 0.3) is 0 Å². The largest absolute Gasteiger partial charge is 0.382 e. The highest BCUT2D eigenvalue weighted by molar-refractivity contribution is 6.30. The second-order valence-corrected chi connectivity index (χ2v) is 4.99. The van der Waals surface area contributed by atoms with Gasteiger partial charge in [-0.05, 0) is 42.3 Å². The van der Waals surface area contributed by atoms with Crippen molar-refractivity contribution in [2.24, 2.45) is 0 Å². The van der Waals surface area contributed by atoms with Crippen LogP contribution in [0.25, 0.3) is 22.4 Å². The number of pyridine rings is 1. The van der Waals surface area contributed by atoms with Gasteiger partial charge in [0.1, 0.15) is 0 Å². The maximum atomic E-state index is 6.10. The molecule has 100 valence electrons. The van der Waals surface area contributed by atoms with Crippen molar-refractivity contribution in [2.75, 3.05) is 5.73 Å². The summed E-state index contributed by atoms with van der Waals surface area (Å²) < 4.78 is 0. The molecule has 0 bridgehead atoms. The molecule has 0 radical (unpaired) electrons. The average Bonchev–Trinajstić information content (AvgIpc) is 2.84. The van der Waals surface area contributed by atoms with Gasteiger partial charge in [-0.1, -0.05) is 17.7 Å². The summed E-state index contributed by atoms with van der Waals surface area (Å²) in [6, 6.07) is 9.57. The number of anilines is 1. The van der Waals surface area contributed by atoms with E-state index in [1.54, 1.807) is 12.4 Å². The van der Waals surface area contributed by atoms with Crippen molar-refractivity contribution in [1.29, 1.82) is 0 Å². The summed E-state index contributed by atoms with van der Waals surface area (Å²) in [5, 5.41) is 7.81. The SMILES string of the molecule is Cc1ccc(Cl)cc1-c1[nH]nc(N)c1-c1ccncc1. The van der Waals surface area contributed by atoms with Gasteiger partial charge in [0.2, 0.25) is 0 Å². The second-order valence-electron chi connectivity index (χ2n) is 4.55. The van der Waals surface area contributed by atoms with Gasteiger partial charge in [0, 0.05) is 23.0 Å². The Morgan fingerprint density at radius 3 is 2.65 bits per heavy atom. The molecule has 0 aliphatic rings. The lowest BCUT2D eigenvalue weighted by molar-refractivity contribution is 1.10. The van der Waals surface area contributed by atoms with Crippen LogP contribution in [-0.2, 0) is 0 Å². The number of aromatic amines is 1. The first-order valence-corrected chi connectivity index (χ1v) is 6.55. The molecular weight excluding hydrogens is 272 g/mol. The van der Waals surface area contributed by atoms with Crippen LogP contribution >= 0.6 is 11.6 Å². The lowest BCUT2D eigenvalue weighted by Gasteiger charge is -2.08. The Balaban J connectivity index is 2.24. The molecule has 0 aliphatic carbocycles. The van der Waals surface area contributed by atoms with E-state index in [-0.39, 0.29) is 0 Å². The van der Waals surface area contributed by atoms with Gasteiger partial charge in [0.05, 0.1) is 11.3 Å². The van der Waals surface area contributed by atoms with Gasteiger partial charge in [-0.3, -0.25) is 10.1 Å². The third kappa shape index (κ3) is 2.14. The Hall–Kier alpha value is -2.33. The fourth-order valence-corrected chi connectivity index (χ4v) is 2.40. The highest BCUT2D eigenvalue weighted by atomic mass is 35.5. The summed E-state index contributed by atoms with van der Waals surface area (Å²) >= 11 is 6.10. The number of rotatable bonds is 2. The molecule has 3 N–H and O–H groups in total. The van der Waals surface area contributed by atoms with Crippen LogP contribution in [0.5, 0.6) is 0 Å². The molecule has 0 spiro atoms. The van der Waals surface area contributed by atoms with Crippen LogP contribution in [0, 0.1) is 6.92 Å². The minimum Gasteiger partial charge on any atom is -0.382 e. The monoisotopic (exact) mass is 284 g/mol. The molecule has 5 heteroatoms. The molecule has 3 aromatic rings. The van der Waals surface area contributed by atoms with Gasteiger partial charge < -0.3 is 5.73 Å². The zero-order chi connectivity index (χ0) is 14.1. The van der Waals surface area contributed by atoms with Crippen LogP contribution in [0.4, 0.5) is 5.82 Å². The van der Waals surface area contributed by atoms with Crippen molar-refractivity contribution < 1.29 is 0 Å². The predicted octanol–water partition coefficient (Wildman–Crippen LogP) is 3.68. The van der Waals surface area contributed by atoms with Crippen LogP contribution in [-0.4, -0.2) is 15.2 Å². The van der Waals surface area contributed by atoms with E-state index < -0.39 is 0 Å². The van der Waals surface area contributed by atoms with Gasteiger partial charge in [-0.15, -0.1) is 0 Å². The standard InChI is InChI=1S/C15H13ClN4/c1-9-2-3-11(16)8-12(9)14-13(15(17)20-19-14)10-4-6-18-7-5-10/h2-8H,1H3,(H3,17,19,20). The van der Waals surface area contributed by atoms with Gasteiger partial charge in [-0.2, -0.15) is 5.10 Å². The maximum Gasteiger partial charge on any atom is 0.153 e. The van der Waals surface area contributed by atoms with Crippen molar-refractivity contribution in [1.82, 2.24) is 15.2 Å². The Labute approximate surface area is 121 Å². The fraction of sp³-hybridized carbons (Fsp3) is 0.0667. The first-order valence-electron chi connectivity index (χ1n) is 6.17. The Kier molecular flexibility index (Phi) is 3.16. The van der Waals surface area contributed by atoms with Crippen LogP contribution in [0.1, 0.15) is 5.56 Å². The van der Waals surface area contributed by atoms with Crippen LogP contribution in [0.2, 0.25) is 5.02 Å². The molecule has 20 heavy (non-hydrogen) atoms. The predicted molar refractivity (Wildman–Crippen MR) is 81.4 cm³/mol. The van der Waals surface area contributed by atoms with Crippen molar-refractivity contribution in [2.45, 2.75) is 6.92 Å². The molecule has 0 fully saturated rings. The minimum absolute atomic E-state index is 0.463. The van der Waals surface area contributed by atoms with Crippen LogP contribution < -0.4 is 5.73 Å². The highest BCUT2D eigenvalue weighted by Crippen LogP contribution is 2.36. The summed E-state index contributed by atoms with van der Waals surface area (Å²) in [5.74, 6) is 0.463. The van der Waals surface area contributed by atoms with Gasteiger partial charge in [-0.25, -0.2) is 0 Å². The number of nitrogen functional groups attached to an aromatic ring is 1. The molecule has 0 amide bonds. The molecule has 0 unspecified atom stereocenters. The number of benzene rings is 1. The smallest absolute Gasteiger partial charge is 0.153 e. The highest BCUT2D eigenvalue weighted by Gasteiger charge is 2.16. The number of nitrogens with zero attached hydrogens (tertiary/aromatic N) is 2. The Morgan fingerprint density at radius 1 is 1.15 bits per heavy atom.